The van der Waals surface area contributed by atoms with Crippen LogP contribution < -0.4 is 10.9 Å². The third-order valence-corrected chi connectivity index (χ3v) is 5.39. The summed E-state index contributed by atoms with van der Waals surface area (Å²) in [4.78, 5) is 31.8. The molecule has 2 N–H and O–H groups in total. The van der Waals surface area contributed by atoms with E-state index < -0.39 is 11.5 Å². The zero-order valence-electron chi connectivity index (χ0n) is 13.3. The Morgan fingerprint density at radius 3 is 3.16 bits per heavy atom. The summed E-state index contributed by atoms with van der Waals surface area (Å²) >= 11 is 1.44. The van der Waals surface area contributed by atoms with Crippen LogP contribution in [0.3, 0.4) is 0 Å². The number of rotatable bonds is 2. The molecule has 0 saturated heterocycles. The number of H-pyrrole nitrogens is 1. The van der Waals surface area contributed by atoms with Crippen molar-refractivity contribution in [1.82, 2.24) is 15.3 Å². The number of carbonyl (C=O) groups is 1. The van der Waals surface area contributed by atoms with Crippen LogP contribution in [-0.4, -0.2) is 21.6 Å². The second-order valence-corrected chi connectivity index (χ2v) is 6.87. The fourth-order valence-electron chi connectivity index (χ4n) is 3.09. The second-order valence-electron chi connectivity index (χ2n) is 5.77. The quantitative estimate of drug-likeness (QED) is 0.734. The molecule has 8 heteroatoms. The van der Waals surface area contributed by atoms with E-state index in [9.17, 15) is 14.0 Å². The van der Waals surface area contributed by atoms with Gasteiger partial charge in [0, 0.05) is 10.6 Å². The van der Waals surface area contributed by atoms with Crippen LogP contribution in [0.4, 0.5) is 4.39 Å². The van der Waals surface area contributed by atoms with Crippen molar-refractivity contribution in [3.05, 3.63) is 57.6 Å². The molecule has 0 saturated carbocycles. The molecule has 25 heavy (non-hydrogen) atoms. The van der Waals surface area contributed by atoms with Crippen molar-refractivity contribution in [3.8, 4) is 0 Å². The van der Waals surface area contributed by atoms with Gasteiger partial charge in [-0.15, -0.1) is 11.8 Å². The molecule has 1 aliphatic rings. The van der Waals surface area contributed by atoms with Gasteiger partial charge in [-0.3, -0.25) is 9.59 Å². The van der Waals surface area contributed by atoms with Crippen LogP contribution in [-0.2, 0) is 0 Å². The van der Waals surface area contributed by atoms with E-state index in [-0.39, 0.29) is 28.5 Å². The number of nitrogens with one attached hydrogen (secondary N) is 2. The number of hydrogen-bond donors (Lipinski definition) is 2. The normalized spacial score (nSPS) is 16.6. The first-order chi connectivity index (χ1) is 12.1. The molecule has 0 bridgehead atoms. The molecule has 1 aromatic carbocycles. The number of amides is 1. The summed E-state index contributed by atoms with van der Waals surface area (Å²) in [5, 5.41) is 3.03. The standard InChI is InChI=1S/C17H14FN3O3S/c1-8-12(13-15(22)19-7-20-17(13)24-8)16(23)21-11-5-6-25-14-9(11)3-2-4-10(14)18/h2-4,7,11H,5-6H2,1H3,(H,21,23)(H,19,20,22). The third-order valence-electron chi connectivity index (χ3n) is 4.23. The van der Waals surface area contributed by atoms with Crippen LogP contribution in [0, 0.1) is 12.7 Å². The van der Waals surface area contributed by atoms with E-state index in [2.05, 4.69) is 15.3 Å². The number of benzene rings is 1. The van der Waals surface area contributed by atoms with Crippen molar-refractivity contribution in [1.29, 1.82) is 0 Å². The molecule has 0 aliphatic carbocycles. The van der Waals surface area contributed by atoms with E-state index in [0.29, 0.717) is 22.8 Å². The average Bonchev–Trinajstić information content (AvgIpc) is 2.93. The Kier molecular flexibility index (Phi) is 3.84. The molecule has 6 nitrogen and oxygen atoms in total. The highest BCUT2D eigenvalue weighted by atomic mass is 32.2. The minimum atomic E-state index is -0.433. The number of thioether (sulfide) groups is 1. The maximum absolute atomic E-state index is 14.0. The van der Waals surface area contributed by atoms with Crippen LogP contribution in [0.15, 0.2) is 38.6 Å². The van der Waals surface area contributed by atoms with Gasteiger partial charge in [-0.1, -0.05) is 12.1 Å². The smallest absolute Gasteiger partial charge is 0.262 e. The summed E-state index contributed by atoms with van der Waals surface area (Å²) in [5.41, 5.74) is 0.609. The Hall–Kier alpha value is -2.61. The number of furan rings is 1. The molecule has 4 rings (SSSR count). The largest absolute Gasteiger partial charge is 0.442 e. The molecule has 0 spiro atoms. The zero-order valence-corrected chi connectivity index (χ0v) is 14.1. The van der Waals surface area contributed by atoms with Crippen molar-refractivity contribution >= 4 is 28.8 Å². The van der Waals surface area contributed by atoms with Gasteiger partial charge in [0.2, 0.25) is 5.71 Å². The average molecular weight is 359 g/mol. The van der Waals surface area contributed by atoms with Crippen LogP contribution in [0.5, 0.6) is 0 Å². The molecule has 1 atom stereocenters. The van der Waals surface area contributed by atoms with Gasteiger partial charge >= 0.3 is 0 Å². The molecular formula is C17H14FN3O3S. The first kappa shape index (κ1) is 15.9. The van der Waals surface area contributed by atoms with Gasteiger partial charge in [0.15, 0.2) is 0 Å². The summed E-state index contributed by atoms with van der Waals surface area (Å²) in [6.45, 7) is 1.61. The molecule has 0 radical (unpaired) electrons. The fourth-order valence-corrected chi connectivity index (χ4v) is 4.23. The van der Waals surface area contributed by atoms with Crippen LogP contribution in [0.2, 0.25) is 0 Å². The minimum Gasteiger partial charge on any atom is -0.442 e. The van der Waals surface area contributed by atoms with Gasteiger partial charge in [0.25, 0.3) is 11.5 Å². The van der Waals surface area contributed by atoms with E-state index in [1.54, 1.807) is 13.0 Å². The van der Waals surface area contributed by atoms with Crippen molar-refractivity contribution < 1.29 is 13.6 Å². The lowest BCUT2D eigenvalue weighted by molar-refractivity contribution is 0.0934. The van der Waals surface area contributed by atoms with E-state index >= 15 is 0 Å². The van der Waals surface area contributed by atoms with Crippen LogP contribution in [0.1, 0.15) is 34.1 Å². The van der Waals surface area contributed by atoms with Crippen molar-refractivity contribution in [2.24, 2.45) is 0 Å². The third kappa shape index (κ3) is 2.62. The van der Waals surface area contributed by atoms with Gasteiger partial charge in [0.05, 0.1) is 17.9 Å². The SMILES string of the molecule is Cc1oc2nc[nH]c(=O)c2c1C(=O)NC1CCSc2c(F)cccc21. The van der Waals surface area contributed by atoms with Gasteiger partial charge < -0.3 is 14.7 Å². The topological polar surface area (TPSA) is 88.0 Å². The molecule has 1 amide bonds. The predicted octanol–water partition coefficient (Wildman–Crippen LogP) is 2.93. The van der Waals surface area contributed by atoms with Gasteiger partial charge in [0.1, 0.15) is 17.0 Å². The summed E-state index contributed by atoms with van der Waals surface area (Å²) in [6.07, 6.45) is 1.91. The first-order valence-corrected chi connectivity index (χ1v) is 8.73. The van der Waals surface area contributed by atoms with Crippen LogP contribution in [0.25, 0.3) is 11.1 Å². The lowest BCUT2D eigenvalue weighted by Crippen LogP contribution is -2.31. The Morgan fingerprint density at radius 2 is 2.32 bits per heavy atom. The summed E-state index contributed by atoms with van der Waals surface area (Å²) in [6, 6.07) is 4.53. The highest BCUT2D eigenvalue weighted by Gasteiger charge is 2.28. The minimum absolute atomic E-state index is 0.122. The van der Waals surface area contributed by atoms with Gasteiger partial charge in [-0.05, 0) is 25.0 Å². The molecule has 128 valence electrons. The lowest BCUT2D eigenvalue weighted by Gasteiger charge is -2.26. The highest BCUT2D eigenvalue weighted by molar-refractivity contribution is 7.99. The summed E-state index contributed by atoms with van der Waals surface area (Å²) in [7, 11) is 0. The molecule has 1 aliphatic heterocycles. The number of nitrogens with zero attached hydrogens (tertiary/aromatic N) is 1. The zero-order chi connectivity index (χ0) is 17.6. The van der Waals surface area contributed by atoms with E-state index in [0.717, 1.165) is 5.56 Å². The number of fused-ring (bicyclic) bond motifs is 2. The Morgan fingerprint density at radius 1 is 1.48 bits per heavy atom. The number of hydrogen-bond acceptors (Lipinski definition) is 5. The van der Waals surface area contributed by atoms with E-state index in [1.807, 2.05) is 6.07 Å². The second kappa shape index (κ2) is 6.03. The van der Waals surface area contributed by atoms with Gasteiger partial charge in [-0.25, -0.2) is 9.37 Å². The Labute approximate surface area is 145 Å². The van der Waals surface area contributed by atoms with Crippen molar-refractivity contribution in [3.63, 3.8) is 0 Å². The fraction of sp³-hybridized carbons (Fsp3) is 0.235. The van der Waals surface area contributed by atoms with Crippen LogP contribution >= 0.6 is 11.8 Å². The van der Waals surface area contributed by atoms with E-state index in [4.69, 9.17) is 4.42 Å². The number of halogens is 1. The molecular weight excluding hydrogens is 345 g/mol. The Balaban J connectivity index is 1.72. The van der Waals surface area contributed by atoms with Gasteiger partial charge in [-0.2, -0.15) is 0 Å². The monoisotopic (exact) mass is 359 g/mol. The molecule has 3 aromatic rings. The van der Waals surface area contributed by atoms with Crippen molar-refractivity contribution in [2.75, 3.05) is 5.75 Å². The molecule has 3 heterocycles. The number of aromatic nitrogens is 2. The van der Waals surface area contributed by atoms with Crippen molar-refractivity contribution in [2.45, 2.75) is 24.3 Å². The number of aromatic amines is 1. The summed E-state index contributed by atoms with van der Waals surface area (Å²) < 4.78 is 19.4. The number of aryl methyl sites for hydroxylation is 1. The lowest BCUT2D eigenvalue weighted by atomic mass is 10.0. The molecule has 2 aromatic heterocycles. The first-order valence-electron chi connectivity index (χ1n) is 7.75. The highest BCUT2D eigenvalue weighted by Crippen LogP contribution is 2.38. The Bertz CT molecular complexity index is 1040. The van der Waals surface area contributed by atoms with E-state index in [1.165, 1.54) is 24.2 Å². The maximum atomic E-state index is 14.0. The predicted molar refractivity (Wildman–Crippen MR) is 91.3 cm³/mol. The molecule has 0 fully saturated rings. The summed E-state index contributed by atoms with van der Waals surface area (Å²) in [5.74, 6) is 0.307. The maximum Gasteiger partial charge on any atom is 0.262 e. The number of carbonyl (C=O) groups excluding carboxylic acids is 1. The molecule has 1 unspecified atom stereocenters.